The Balaban J connectivity index is 3.35. The van der Waals surface area contributed by atoms with Crippen molar-refractivity contribution < 1.29 is 9.84 Å². The van der Waals surface area contributed by atoms with E-state index >= 15 is 0 Å². The van der Waals surface area contributed by atoms with Crippen molar-refractivity contribution in [1.82, 2.24) is 4.90 Å². The second kappa shape index (κ2) is 10.4. The van der Waals surface area contributed by atoms with Gasteiger partial charge < -0.3 is 14.7 Å². The van der Waals surface area contributed by atoms with Crippen LogP contribution in [-0.4, -0.2) is 49.0 Å². The number of aliphatic hydroxyl groups is 1. The molecule has 0 saturated heterocycles. The number of aliphatic hydroxyl groups excluding tert-OH is 1. The van der Waals surface area contributed by atoms with E-state index in [4.69, 9.17) is 4.74 Å². The molecule has 0 spiro atoms. The van der Waals surface area contributed by atoms with Crippen LogP contribution in [0.15, 0.2) is 0 Å². The molecular weight excluding hydrogens is 190 g/mol. The second-order valence-electron chi connectivity index (χ2n) is 3.92. The Labute approximate surface area is 94.4 Å². The molecule has 3 nitrogen and oxygen atoms in total. The molecule has 0 heterocycles. The van der Waals surface area contributed by atoms with Crippen LogP contribution >= 0.6 is 0 Å². The molecule has 92 valence electrons. The topological polar surface area (TPSA) is 32.7 Å². The summed E-state index contributed by atoms with van der Waals surface area (Å²) in [4.78, 5) is 2.21. The van der Waals surface area contributed by atoms with Crippen molar-refractivity contribution >= 4 is 0 Å². The molecule has 0 aliphatic carbocycles. The number of likely N-dealkylation sites (N-methyl/N-ethyl adjacent to an activating group) is 1. The van der Waals surface area contributed by atoms with Gasteiger partial charge in [-0.05, 0) is 19.5 Å². The molecule has 0 rings (SSSR count). The molecule has 3 heteroatoms. The first-order valence-electron chi connectivity index (χ1n) is 6.22. The Morgan fingerprint density at radius 3 is 2.33 bits per heavy atom. The number of hydrogen-bond donors (Lipinski definition) is 1. The zero-order chi connectivity index (χ0) is 11.5. The molecule has 0 saturated carbocycles. The Morgan fingerprint density at radius 1 is 1.13 bits per heavy atom. The molecule has 0 radical (unpaired) electrons. The van der Waals surface area contributed by atoms with E-state index in [-0.39, 0.29) is 6.10 Å². The quantitative estimate of drug-likeness (QED) is 0.567. The van der Waals surface area contributed by atoms with Crippen LogP contribution in [0, 0.1) is 0 Å². The second-order valence-corrected chi connectivity index (χ2v) is 3.92. The molecule has 15 heavy (non-hydrogen) atoms. The highest BCUT2D eigenvalue weighted by Crippen LogP contribution is 1.97. The molecule has 0 bridgehead atoms. The largest absolute Gasteiger partial charge is 0.389 e. The highest BCUT2D eigenvalue weighted by Gasteiger charge is 2.08. The van der Waals surface area contributed by atoms with Crippen molar-refractivity contribution in [2.75, 3.05) is 32.8 Å². The lowest BCUT2D eigenvalue weighted by Crippen LogP contribution is -2.34. The van der Waals surface area contributed by atoms with Gasteiger partial charge in [0.05, 0.1) is 12.7 Å². The average Bonchev–Trinajstić information content (AvgIpc) is 2.25. The fourth-order valence-electron chi connectivity index (χ4n) is 1.51. The van der Waals surface area contributed by atoms with Crippen molar-refractivity contribution in [1.29, 1.82) is 0 Å². The van der Waals surface area contributed by atoms with E-state index in [0.717, 1.165) is 32.7 Å². The molecule has 1 atom stereocenters. The van der Waals surface area contributed by atoms with Crippen molar-refractivity contribution in [2.45, 2.75) is 46.1 Å². The van der Waals surface area contributed by atoms with Gasteiger partial charge in [0.1, 0.15) is 0 Å². The lowest BCUT2D eigenvalue weighted by Gasteiger charge is -2.21. The van der Waals surface area contributed by atoms with E-state index in [2.05, 4.69) is 25.7 Å². The maximum absolute atomic E-state index is 9.67. The van der Waals surface area contributed by atoms with Gasteiger partial charge in [-0.25, -0.2) is 0 Å². The standard InChI is InChI=1S/C12H27NO2/c1-4-7-8-9-15-11-12(14)10-13(5-2)6-3/h12,14H,4-11H2,1-3H3/t12-/m1/s1. The van der Waals surface area contributed by atoms with Crippen LogP contribution in [0.3, 0.4) is 0 Å². The zero-order valence-corrected chi connectivity index (χ0v) is 10.5. The number of ether oxygens (including phenoxy) is 1. The number of nitrogens with zero attached hydrogens (tertiary/aromatic N) is 1. The zero-order valence-electron chi connectivity index (χ0n) is 10.5. The first kappa shape index (κ1) is 14.9. The van der Waals surface area contributed by atoms with Gasteiger partial charge >= 0.3 is 0 Å². The van der Waals surface area contributed by atoms with Gasteiger partial charge in [-0.15, -0.1) is 0 Å². The van der Waals surface area contributed by atoms with Crippen LogP contribution in [0.1, 0.15) is 40.0 Å². The summed E-state index contributed by atoms with van der Waals surface area (Å²) in [6.07, 6.45) is 3.19. The molecule has 0 aliphatic heterocycles. The van der Waals surface area contributed by atoms with Crippen molar-refractivity contribution in [3.8, 4) is 0 Å². The molecule has 0 aromatic rings. The highest BCUT2D eigenvalue weighted by molar-refractivity contribution is 4.61. The van der Waals surface area contributed by atoms with Gasteiger partial charge in [0.25, 0.3) is 0 Å². The summed E-state index contributed by atoms with van der Waals surface area (Å²) in [5.74, 6) is 0. The van der Waals surface area contributed by atoms with E-state index in [1.54, 1.807) is 0 Å². The van der Waals surface area contributed by atoms with Crippen LogP contribution in [0.4, 0.5) is 0 Å². The lowest BCUT2D eigenvalue weighted by molar-refractivity contribution is 0.0172. The minimum absolute atomic E-state index is 0.341. The summed E-state index contributed by atoms with van der Waals surface area (Å²) in [6.45, 7) is 10.4. The SMILES string of the molecule is CCCCCOC[C@H](O)CN(CC)CC. The Morgan fingerprint density at radius 2 is 1.80 bits per heavy atom. The maximum Gasteiger partial charge on any atom is 0.0900 e. The van der Waals surface area contributed by atoms with Gasteiger partial charge in [0.15, 0.2) is 0 Å². The first-order chi connectivity index (χ1) is 7.24. The Kier molecular flexibility index (Phi) is 10.3. The third-order valence-electron chi connectivity index (χ3n) is 2.57. The van der Waals surface area contributed by atoms with Gasteiger partial charge in [-0.3, -0.25) is 0 Å². The van der Waals surface area contributed by atoms with E-state index in [9.17, 15) is 5.11 Å². The van der Waals surface area contributed by atoms with Gasteiger partial charge in [0, 0.05) is 13.2 Å². The van der Waals surface area contributed by atoms with Gasteiger partial charge in [-0.1, -0.05) is 33.6 Å². The predicted molar refractivity (Wildman–Crippen MR) is 64.1 cm³/mol. The molecular formula is C12H27NO2. The third kappa shape index (κ3) is 8.85. The highest BCUT2D eigenvalue weighted by atomic mass is 16.5. The summed E-state index contributed by atoms with van der Waals surface area (Å²) < 4.78 is 5.41. The van der Waals surface area contributed by atoms with Crippen LogP contribution in [-0.2, 0) is 4.74 Å². The predicted octanol–water partition coefficient (Wildman–Crippen LogP) is 1.90. The number of rotatable bonds is 10. The molecule has 0 aliphatic rings. The normalized spacial score (nSPS) is 13.4. The van der Waals surface area contributed by atoms with Crippen LogP contribution in [0.2, 0.25) is 0 Å². The Hall–Kier alpha value is -0.120. The molecule has 1 N–H and O–H groups in total. The van der Waals surface area contributed by atoms with Crippen molar-refractivity contribution in [3.05, 3.63) is 0 Å². The summed E-state index contributed by atoms with van der Waals surface area (Å²) in [6, 6.07) is 0. The van der Waals surface area contributed by atoms with Gasteiger partial charge in [-0.2, -0.15) is 0 Å². The van der Waals surface area contributed by atoms with Gasteiger partial charge in [0.2, 0.25) is 0 Å². The van der Waals surface area contributed by atoms with E-state index in [1.807, 2.05) is 0 Å². The molecule has 0 unspecified atom stereocenters. The Bertz CT molecular complexity index is 127. The third-order valence-corrected chi connectivity index (χ3v) is 2.57. The van der Waals surface area contributed by atoms with E-state index < -0.39 is 0 Å². The van der Waals surface area contributed by atoms with Crippen LogP contribution in [0.5, 0.6) is 0 Å². The molecule has 0 fully saturated rings. The molecule has 0 aromatic heterocycles. The minimum Gasteiger partial charge on any atom is -0.389 e. The smallest absolute Gasteiger partial charge is 0.0900 e. The average molecular weight is 217 g/mol. The van der Waals surface area contributed by atoms with E-state index in [0.29, 0.717) is 6.61 Å². The first-order valence-corrected chi connectivity index (χ1v) is 6.22. The summed E-state index contributed by atoms with van der Waals surface area (Å²) >= 11 is 0. The van der Waals surface area contributed by atoms with Crippen molar-refractivity contribution in [3.63, 3.8) is 0 Å². The minimum atomic E-state index is -0.341. The number of unbranched alkanes of at least 4 members (excludes halogenated alkanes) is 2. The summed E-state index contributed by atoms with van der Waals surface area (Å²) in [7, 11) is 0. The summed E-state index contributed by atoms with van der Waals surface area (Å²) in [5, 5.41) is 9.67. The molecule has 0 aromatic carbocycles. The fraction of sp³-hybridized carbons (Fsp3) is 1.00. The van der Waals surface area contributed by atoms with Crippen molar-refractivity contribution in [2.24, 2.45) is 0 Å². The van der Waals surface area contributed by atoms with Crippen LogP contribution < -0.4 is 0 Å². The monoisotopic (exact) mass is 217 g/mol. The van der Waals surface area contributed by atoms with Crippen LogP contribution in [0.25, 0.3) is 0 Å². The summed E-state index contributed by atoms with van der Waals surface area (Å²) in [5.41, 5.74) is 0. The lowest BCUT2D eigenvalue weighted by atomic mass is 10.3. The van der Waals surface area contributed by atoms with E-state index in [1.165, 1.54) is 12.8 Å². The number of hydrogen-bond acceptors (Lipinski definition) is 3. The maximum atomic E-state index is 9.67. The fourth-order valence-corrected chi connectivity index (χ4v) is 1.51. The molecule has 0 amide bonds.